The molecule has 0 bridgehead atoms. The molecular weight excluding hydrogens is 450 g/mol. The average molecular weight is 476 g/mol. The minimum Gasteiger partial charge on any atom is -0.379 e. The minimum atomic E-state index is -3.84. The molecule has 0 radical (unpaired) electrons. The Hall–Kier alpha value is -3.09. The fourth-order valence-corrected chi connectivity index (χ4v) is 5.47. The van der Waals surface area contributed by atoms with Gasteiger partial charge in [0, 0.05) is 50.7 Å². The van der Waals surface area contributed by atoms with Gasteiger partial charge in [-0.25, -0.2) is 8.42 Å². The molecule has 0 atom stereocenters. The highest BCUT2D eigenvalue weighted by molar-refractivity contribution is 7.89. The predicted octanol–water partition coefficient (Wildman–Crippen LogP) is 1.41. The van der Waals surface area contributed by atoms with Gasteiger partial charge >= 0.3 is 0 Å². The van der Waals surface area contributed by atoms with Crippen molar-refractivity contribution in [1.82, 2.24) is 14.6 Å². The van der Waals surface area contributed by atoms with Gasteiger partial charge in [0.05, 0.1) is 28.6 Å². The number of morpholine rings is 1. The topological polar surface area (TPSA) is 135 Å². The molecule has 0 spiro atoms. The Balaban J connectivity index is 1.46. The number of benzene rings is 1. The van der Waals surface area contributed by atoms with Crippen LogP contribution >= 0.6 is 0 Å². The van der Waals surface area contributed by atoms with Crippen LogP contribution in [0, 0.1) is 10.1 Å². The minimum absolute atomic E-state index is 0.0611. The van der Waals surface area contributed by atoms with Gasteiger partial charge in [-0.2, -0.15) is 4.31 Å². The first-order valence-electron chi connectivity index (χ1n) is 10.7. The molecule has 2 aliphatic rings. The number of hydrogen-bond acceptors (Lipinski definition) is 8. The lowest BCUT2D eigenvalue weighted by molar-refractivity contribution is -0.384. The normalized spacial score (nSPS) is 18.1. The number of nitro benzene ring substituents is 1. The Morgan fingerprint density at radius 2 is 1.88 bits per heavy atom. The van der Waals surface area contributed by atoms with Crippen molar-refractivity contribution in [2.45, 2.75) is 23.8 Å². The van der Waals surface area contributed by atoms with Crippen LogP contribution in [0.4, 0.5) is 11.4 Å². The van der Waals surface area contributed by atoms with Crippen LogP contribution in [0.5, 0.6) is 0 Å². The van der Waals surface area contributed by atoms with E-state index < -0.39 is 14.9 Å². The number of nitrogens with one attached hydrogen (secondary N) is 1. The number of anilines is 1. The highest BCUT2D eigenvalue weighted by Crippen LogP contribution is 2.33. The van der Waals surface area contributed by atoms with Gasteiger partial charge < -0.3 is 15.0 Å². The Kier molecular flexibility index (Phi) is 6.86. The van der Waals surface area contributed by atoms with Crippen molar-refractivity contribution in [1.29, 1.82) is 0 Å². The first-order chi connectivity index (χ1) is 15.9. The summed E-state index contributed by atoms with van der Waals surface area (Å²) in [5.41, 5.74) is 0.604. The van der Waals surface area contributed by atoms with Crippen LogP contribution in [-0.2, 0) is 14.8 Å². The summed E-state index contributed by atoms with van der Waals surface area (Å²) in [6.07, 6.45) is 4.31. The number of carbonyl (C=O) groups is 1. The van der Waals surface area contributed by atoms with E-state index in [9.17, 15) is 23.3 Å². The number of aromatic nitrogens is 1. The van der Waals surface area contributed by atoms with Gasteiger partial charge in [0.25, 0.3) is 11.6 Å². The molecular formula is C21H25N5O6S. The van der Waals surface area contributed by atoms with E-state index in [0.717, 1.165) is 6.07 Å². The van der Waals surface area contributed by atoms with E-state index in [1.165, 1.54) is 22.6 Å². The molecule has 4 rings (SSSR count). The molecule has 1 N–H and O–H groups in total. The molecule has 2 fully saturated rings. The Morgan fingerprint density at radius 1 is 1.15 bits per heavy atom. The monoisotopic (exact) mass is 475 g/mol. The lowest BCUT2D eigenvalue weighted by Crippen LogP contribution is -2.45. The van der Waals surface area contributed by atoms with Gasteiger partial charge in [0.1, 0.15) is 5.69 Å². The summed E-state index contributed by atoms with van der Waals surface area (Å²) < 4.78 is 32.3. The Bertz CT molecular complexity index is 1110. The zero-order valence-electron chi connectivity index (χ0n) is 17.9. The quantitative estimate of drug-likeness (QED) is 0.489. The summed E-state index contributed by atoms with van der Waals surface area (Å²) in [4.78, 5) is 29.3. The van der Waals surface area contributed by atoms with Crippen LogP contribution in [0.1, 0.15) is 23.2 Å². The molecule has 2 aliphatic heterocycles. The third-order valence-electron chi connectivity index (χ3n) is 5.85. The molecule has 33 heavy (non-hydrogen) atoms. The third-order valence-corrected chi connectivity index (χ3v) is 7.74. The molecule has 1 aromatic heterocycles. The molecule has 176 valence electrons. The molecule has 12 heteroatoms. The van der Waals surface area contributed by atoms with E-state index in [2.05, 4.69) is 10.3 Å². The van der Waals surface area contributed by atoms with E-state index in [1.54, 1.807) is 18.3 Å². The second kappa shape index (κ2) is 9.81. The first kappa shape index (κ1) is 23.1. The average Bonchev–Trinajstić information content (AvgIpc) is 2.85. The maximum absolute atomic E-state index is 12.9. The van der Waals surface area contributed by atoms with E-state index >= 15 is 0 Å². The van der Waals surface area contributed by atoms with Crippen molar-refractivity contribution in [2.75, 3.05) is 44.3 Å². The number of ether oxygens (including phenoxy) is 1. The second-order valence-electron chi connectivity index (χ2n) is 7.90. The van der Waals surface area contributed by atoms with E-state index in [4.69, 9.17) is 4.74 Å². The Labute approximate surface area is 191 Å². The van der Waals surface area contributed by atoms with E-state index in [-0.39, 0.29) is 35.6 Å². The summed E-state index contributed by atoms with van der Waals surface area (Å²) in [6, 6.07) is 7.38. The highest BCUT2D eigenvalue weighted by atomic mass is 32.2. The largest absolute Gasteiger partial charge is 0.379 e. The highest BCUT2D eigenvalue weighted by Gasteiger charge is 2.31. The number of nitro groups is 1. The summed E-state index contributed by atoms with van der Waals surface area (Å²) in [5.74, 6) is -0.204. The molecule has 3 heterocycles. The van der Waals surface area contributed by atoms with Gasteiger partial charge in [-0.05, 0) is 37.1 Å². The van der Waals surface area contributed by atoms with Crippen molar-refractivity contribution < 1.29 is 22.9 Å². The smallest absolute Gasteiger partial charge is 0.293 e. The standard InChI is InChI=1S/C21H25N5O6S/c27-21(16-2-1-7-22-15-16)23-17-5-8-24(9-6-17)19-4-3-18(14-20(19)26(28)29)33(30,31)25-10-12-32-13-11-25/h1-4,7,14-15,17H,5-6,8-13H2,(H,23,27). The van der Waals surface area contributed by atoms with Crippen LogP contribution in [0.15, 0.2) is 47.6 Å². The van der Waals surface area contributed by atoms with Crippen LogP contribution in [0.25, 0.3) is 0 Å². The van der Waals surface area contributed by atoms with Crippen molar-refractivity contribution in [3.05, 3.63) is 58.4 Å². The summed E-state index contributed by atoms with van der Waals surface area (Å²) >= 11 is 0. The molecule has 0 unspecified atom stereocenters. The molecule has 2 saturated heterocycles. The number of carbonyl (C=O) groups excluding carboxylic acids is 1. The summed E-state index contributed by atoms with van der Waals surface area (Å²) in [5, 5.41) is 14.7. The molecule has 2 aromatic rings. The van der Waals surface area contributed by atoms with Gasteiger partial charge in [0.2, 0.25) is 10.0 Å². The number of hydrogen-bond donors (Lipinski definition) is 1. The maximum atomic E-state index is 12.9. The Morgan fingerprint density at radius 3 is 2.52 bits per heavy atom. The summed E-state index contributed by atoms with van der Waals surface area (Å²) in [7, 11) is -3.84. The van der Waals surface area contributed by atoms with Crippen molar-refractivity contribution in [3.8, 4) is 0 Å². The number of piperidine rings is 1. The lowest BCUT2D eigenvalue weighted by atomic mass is 10.0. The fourth-order valence-electron chi connectivity index (χ4n) is 4.04. The summed E-state index contributed by atoms with van der Waals surface area (Å²) in [6.45, 7) is 2.02. The SMILES string of the molecule is O=C(NC1CCN(c2ccc(S(=O)(=O)N3CCOCC3)cc2[N+](=O)[O-])CC1)c1cccnc1. The molecule has 0 aliphatic carbocycles. The van der Waals surface area contributed by atoms with Gasteiger partial charge in [-0.15, -0.1) is 0 Å². The number of nitrogens with zero attached hydrogens (tertiary/aromatic N) is 4. The van der Waals surface area contributed by atoms with Crippen molar-refractivity contribution in [3.63, 3.8) is 0 Å². The second-order valence-corrected chi connectivity index (χ2v) is 9.84. The number of pyridine rings is 1. The van der Waals surface area contributed by atoms with E-state index in [0.29, 0.717) is 50.4 Å². The molecule has 0 saturated carbocycles. The van der Waals surface area contributed by atoms with Crippen LogP contribution in [0.3, 0.4) is 0 Å². The predicted molar refractivity (Wildman–Crippen MR) is 120 cm³/mol. The zero-order valence-corrected chi connectivity index (χ0v) is 18.7. The molecule has 11 nitrogen and oxygen atoms in total. The van der Waals surface area contributed by atoms with Crippen molar-refractivity contribution >= 4 is 27.3 Å². The maximum Gasteiger partial charge on any atom is 0.293 e. The fraction of sp³-hybridized carbons (Fsp3) is 0.429. The van der Waals surface area contributed by atoms with Crippen LogP contribution in [0.2, 0.25) is 0 Å². The number of rotatable bonds is 6. The van der Waals surface area contributed by atoms with Crippen molar-refractivity contribution in [2.24, 2.45) is 0 Å². The van der Waals surface area contributed by atoms with Crippen LogP contribution in [-0.4, -0.2) is 74.0 Å². The molecule has 1 aromatic carbocycles. The zero-order chi connectivity index (χ0) is 23.4. The lowest BCUT2D eigenvalue weighted by Gasteiger charge is -2.33. The van der Waals surface area contributed by atoms with Crippen LogP contribution < -0.4 is 10.2 Å². The molecule has 1 amide bonds. The third kappa shape index (κ3) is 5.13. The van der Waals surface area contributed by atoms with Gasteiger partial charge in [-0.3, -0.25) is 19.9 Å². The first-order valence-corrected chi connectivity index (χ1v) is 12.1. The van der Waals surface area contributed by atoms with Gasteiger partial charge in [-0.1, -0.05) is 0 Å². The number of sulfonamides is 1. The van der Waals surface area contributed by atoms with Gasteiger partial charge in [0.15, 0.2) is 0 Å². The van der Waals surface area contributed by atoms with E-state index in [1.807, 2.05) is 4.90 Å². The number of amides is 1.